The molecule has 1 heterocycles. The average molecular weight is 383 g/mol. The summed E-state index contributed by atoms with van der Waals surface area (Å²) >= 11 is 0. The van der Waals surface area contributed by atoms with Gasteiger partial charge in [-0.25, -0.2) is 0 Å². The normalized spacial score (nSPS) is 21.9. The van der Waals surface area contributed by atoms with E-state index in [0.29, 0.717) is 11.8 Å². The van der Waals surface area contributed by atoms with Crippen LogP contribution in [0.5, 0.6) is 11.5 Å². The molecule has 2 N–H and O–H groups in total. The maximum Gasteiger partial charge on any atom is 0.142 e. The summed E-state index contributed by atoms with van der Waals surface area (Å²) in [4.78, 5) is 0. The lowest BCUT2D eigenvalue weighted by molar-refractivity contribution is 0.252. The maximum absolute atomic E-state index is 6.13. The highest BCUT2D eigenvalue weighted by Crippen LogP contribution is 2.27. The minimum atomic E-state index is 0.513. The Kier molecular flexibility index (Phi) is 7.89. The first-order valence-electron chi connectivity index (χ1n) is 10.6. The molecule has 0 radical (unpaired) electrons. The zero-order chi connectivity index (χ0) is 19.6. The van der Waals surface area contributed by atoms with Gasteiger partial charge in [0.25, 0.3) is 0 Å². The summed E-state index contributed by atoms with van der Waals surface area (Å²) in [6, 6.07) is 16.5. The molecule has 1 aliphatic heterocycles. The molecule has 0 spiro atoms. The number of para-hydroxylation sites is 4. The van der Waals surface area contributed by atoms with Crippen LogP contribution in [0.2, 0.25) is 0 Å². The van der Waals surface area contributed by atoms with Crippen molar-refractivity contribution < 1.29 is 9.47 Å². The molecule has 0 saturated carbocycles. The minimum absolute atomic E-state index is 0.513. The van der Waals surface area contributed by atoms with Crippen molar-refractivity contribution in [2.75, 3.05) is 36.9 Å². The van der Waals surface area contributed by atoms with Gasteiger partial charge in [-0.2, -0.15) is 0 Å². The summed E-state index contributed by atoms with van der Waals surface area (Å²) in [5.41, 5.74) is 2.19. The highest BCUT2D eigenvalue weighted by Gasteiger charge is 2.10. The summed E-state index contributed by atoms with van der Waals surface area (Å²) < 4.78 is 12.2. The first kappa shape index (κ1) is 20.4. The molecule has 0 fully saturated rings. The van der Waals surface area contributed by atoms with Gasteiger partial charge in [0.2, 0.25) is 0 Å². The molecule has 152 valence electrons. The monoisotopic (exact) mass is 382 g/mol. The Balaban J connectivity index is 1.64. The van der Waals surface area contributed by atoms with Gasteiger partial charge in [-0.1, -0.05) is 38.1 Å². The summed E-state index contributed by atoms with van der Waals surface area (Å²) in [7, 11) is 0. The molecule has 2 aromatic carbocycles. The molecule has 0 bridgehead atoms. The summed E-state index contributed by atoms with van der Waals surface area (Å²) in [6.07, 6.45) is 4.41. The van der Waals surface area contributed by atoms with Gasteiger partial charge in [-0.3, -0.25) is 0 Å². The predicted molar refractivity (Wildman–Crippen MR) is 118 cm³/mol. The number of hydrogen-bond acceptors (Lipinski definition) is 4. The minimum Gasteiger partial charge on any atom is -0.491 e. The fraction of sp³-hybridized carbons (Fsp3) is 0.500. The zero-order valence-electron chi connectivity index (χ0n) is 17.2. The largest absolute Gasteiger partial charge is 0.491 e. The average Bonchev–Trinajstić information content (AvgIpc) is 2.72. The number of benzene rings is 2. The van der Waals surface area contributed by atoms with Crippen LogP contribution in [0.4, 0.5) is 11.4 Å². The third-order valence-corrected chi connectivity index (χ3v) is 5.23. The summed E-state index contributed by atoms with van der Waals surface area (Å²) in [5.74, 6) is 3.00. The van der Waals surface area contributed by atoms with Crippen LogP contribution in [0.1, 0.15) is 39.5 Å². The van der Waals surface area contributed by atoms with Crippen LogP contribution < -0.4 is 20.1 Å². The molecule has 0 saturated heterocycles. The van der Waals surface area contributed by atoms with Crippen molar-refractivity contribution in [3.05, 3.63) is 48.5 Å². The Bertz CT molecular complexity index is 659. The number of nitrogens with one attached hydrogen (secondary N) is 2. The van der Waals surface area contributed by atoms with E-state index >= 15 is 0 Å². The molecule has 2 atom stereocenters. The van der Waals surface area contributed by atoms with Crippen LogP contribution in [-0.2, 0) is 0 Å². The van der Waals surface area contributed by atoms with E-state index in [1.54, 1.807) is 0 Å². The smallest absolute Gasteiger partial charge is 0.142 e. The van der Waals surface area contributed by atoms with Crippen molar-refractivity contribution >= 4 is 11.4 Å². The molecular weight excluding hydrogens is 348 g/mol. The van der Waals surface area contributed by atoms with Gasteiger partial charge in [0.05, 0.1) is 24.6 Å². The second-order valence-corrected chi connectivity index (χ2v) is 7.95. The van der Waals surface area contributed by atoms with Crippen LogP contribution >= 0.6 is 0 Å². The Morgan fingerprint density at radius 1 is 0.750 bits per heavy atom. The van der Waals surface area contributed by atoms with E-state index in [0.717, 1.165) is 74.9 Å². The van der Waals surface area contributed by atoms with Gasteiger partial charge in [-0.15, -0.1) is 0 Å². The topological polar surface area (TPSA) is 42.5 Å². The second-order valence-electron chi connectivity index (χ2n) is 7.95. The van der Waals surface area contributed by atoms with Crippen LogP contribution in [0.3, 0.4) is 0 Å². The highest BCUT2D eigenvalue weighted by atomic mass is 16.5. The fourth-order valence-corrected chi connectivity index (χ4v) is 3.47. The molecule has 0 aromatic heterocycles. The fourth-order valence-electron chi connectivity index (χ4n) is 3.47. The lowest BCUT2D eigenvalue weighted by atomic mass is 10.1. The van der Waals surface area contributed by atoms with E-state index in [1.807, 2.05) is 12.1 Å². The lowest BCUT2D eigenvalue weighted by Crippen LogP contribution is -2.15. The summed E-state index contributed by atoms with van der Waals surface area (Å²) in [5, 5.41) is 7.11. The summed E-state index contributed by atoms with van der Waals surface area (Å²) in [6.45, 7) is 7.92. The van der Waals surface area contributed by atoms with E-state index in [9.17, 15) is 0 Å². The van der Waals surface area contributed by atoms with E-state index in [4.69, 9.17) is 9.47 Å². The van der Waals surface area contributed by atoms with E-state index in [1.165, 1.54) is 0 Å². The maximum atomic E-state index is 6.13. The molecule has 0 amide bonds. The van der Waals surface area contributed by atoms with Crippen molar-refractivity contribution in [3.63, 3.8) is 0 Å². The molecule has 4 heteroatoms. The molecule has 0 aliphatic carbocycles. The molecule has 4 nitrogen and oxygen atoms in total. The van der Waals surface area contributed by atoms with Gasteiger partial charge in [0.15, 0.2) is 0 Å². The Morgan fingerprint density at radius 3 is 2.18 bits per heavy atom. The number of fused-ring (bicyclic) bond motifs is 2. The number of rotatable bonds is 0. The molecule has 2 unspecified atom stereocenters. The Hall–Kier alpha value is -2.36. The lowest BCUT2D eigenvalue weighted by Gasteiger charge is -2.19. The van der Waals surface area contributed by atoms with E-state index < -0.39 is 0 Å². The molecule has 28 heavy (non-hydrogen) atoms. The van der Waals surface area contributed by atoms with Gasteiger partial charge in [-0.05, 0) is 61.8 Å². The van der Waals surface area contributed by atoms with Gasteiger partial charge in [0.1, 0.15) is 11.5 Å². The number of hydrogen-bond donors (Lipinski definition) is 2. The molecule has 3 rings (SSSR count). The van der Waals surface area contributed by atoms with Crippen LogP contribution in [0.15, 0.2) is 48.5 Å². The third-order valence-electron chi connectivity index (χ3n) is 5.23. The van der Waals surface area contributed by atoms with E-state index in [-0.39, 0.29) is 0 Å². The van der Waals surface area contributed by atoms with Crippen LogP contribution in [0, 0.1) is 11.8 Å². The van der Waals surface area contributed by atoms with Crippen molar-refractivity contribution in [2.24, 2.45) is 11.8 Å². The highest BCUT2D eigenvalue weighted by molar-refractivity contribution is 5.56. The third kappa shape index (κ3) is 6.36. The Morgan fingerprint density at radius 2 is 1.39 bits per heavy atom. The molecular formula is C24H34N2O2. The number of ether oxygens (including phenoxy) is 2. The number of anilines is 2. The quantitative estimate of drug-likeness (QED) is 0.603. The van der Waals surface area contributed by atoms with Gasteiger partial charge in [0, 0.05) is 13.1 Å². The zero-order valence-corrected chi connectivity index (χ0v) is 17.2. The van der Waals surface area contributed by atoms with Crippen molar-refractivity contribution in [1.82, 2.24) is 0 Å². The van der Waals surface area contributed by atoms with E-state index in [2.05, 4.69) is 60.9 Å². The Labute approximate surface area is 169 Å². The SMILES string of the molecule is CC1CCCOc2ccccc2NCCCC(C)COc2ccccc2NC1. The van der Waals surface area contributed by atoms with Gasteiger partial charge < -0.3 is 20.1 Å². The first-order valence-corrected chi connectivity index (χ1v) is 10.6. The van der Waals surface area contributed by atoms with Crippen molar-refractivity contribution in [2.45, 2.75) is 39.5 Å². The standard InChI is InChI=1S/C24H34N2O2/c1-19-10-8-16-27-23-13-5-3-11-21(23)25-15-7-9-20(2)18-28-24-14-6-4-12-22(24)26-17-19/h3-6,11-14,19-20,25-26H,7-10,15-18H2,1-2H3. The van der Waals surface area contributed by atoms with Crippen LogP contribution in [-0.4, -0.2) is 26.3 Å². The second kappa shape index (κ2) is 10.8. The van der Waals surface area contributed by atoms with Crippen LogP contribution in [0.25, 0.3) is 0 Å². The van der Waals surface area contributed by atoms with Crippen molar-refractivity contribution in [1.29, 1.82) is 0 Å². The van der Waals surface area contributed by atoms with Crippen molar-refractivity contribution in [3.8, 4) is 11.5 Å². The predicted octanol–water partition coefficient (Wildman–Crippen LogP) is 5.81. The molecule has 2 aromatic rings. The van der Waals surface area contributed by atoms with Gasteiger partial charge >= 0.3 is 0 Å². The molecule has 1 aliphatic rings. The first-order chi connectivity index (χ1) is 13.7.